The van der Waals surface area contributed by atoms with Crippen molar-refractivity contribution in [3.8, 4) is 5.75 Å². The van der Waals surface area contributed by atoms with Crippen LogP contribution in [0, 0.1) is 0 Å². The Hall–Kier alpha value is -1.49. The highest BCUT2D eigenvalue weighted by Crippen LogP contribution is 2.34. The van der Waals surface area contributed by atoms with E-state index in [-0.39, 0.29) is 0 Å². The van der Waals surface area contributed by atoms with Gasteiger partial charge in [0.25, 0.3) is 0 Å². The second-order valence-electron chi connectivity index (χ2n) is 5.11. The first-order chi connectivity index (χ1) is 9.69. The van der Waals surface area contributed by atoms with Gasteiger partial charge in [-0.1, -0.05) is 0 Å². The molecule has 0 aliphatic heterocycles. The summed E-state index contributed by atoms with van der Waals surface area (Å²) in [5, 5.41) is 7.99. The van der Waals surface area contributed by atoms with Gasteiger partial charge >= 0.3 is 0 Å². The number of nitrogens with one attached hydrogen (secondary N) is 1. The van der Waals surface area contributed by atoms with E-state index in [1.807, 2.05) is 30.1 Å². The van der Waals surface area contributed by atoms with Crippen LogP contribution in [0.25, 0.3) is 0 Å². The Morgan fingerprint density at radius 2 is 2.30 bits per heavy atom. The van der Waals surface area contributed by atoms with Crippen LogP contribution >= 0.6 is 15.9 Å². The van der Waals surface area contributed by atoms with Gasteiger partial charge in [0.2, 0.25) is 0 Å². The number of nitrogens with zero attached hydrogens (tertiary/aromatic N) is 2. The molecule has 0 saturated heterocycles. The maximum atomic E-state index is 5.26. The number of aromatic nitrogens is 2. The SMILES string of the molecule is COc1ccc(NC2CCCc3c2cnn3C)cc1Br. The minimum atomic E-state index is 0.341. The summed E-state index contributed by atoms with van der Waals surface area (Å²) in [6, 6.07) is 6.42. The van der Waals surface area contributed by atoms with Crippen molar-refractivity contribution in [1.29, 1.82) is 0 Å². The molecule has 0 amide bonds. The molecule has 20 heavy (non-hydrogen) atoms. The van der Waals surface area contributed by atoms with Gasteiger partial charge in [0, 0.05) is 24.0 Å². The molecule has 0 fully saturated rings. The van der Waals surface area contributed by atoms with Gasteiger partial charge in [0.15, 0.2) is 0 Å². The van der Waals surface area contributed by atoms with Crippen LogP contribution in [0.4, 0.5) is 5.69 Å². The predicted octanol–water partition coefficient (Wildman–Crippen LogP) is 3.68. The molecule has 3 rings (SSSR count). The Balaban J connectivity index is 1.84. The Morgan fingerprint density at radius 3 is 3.05 bits per heavy atom. The van der Waals surface area contributed by atoms with E-state index in [0.29, 0.717) is 6.04 Å². The van der Waals surface area contributed by atoms with Crippen LogP contribution in [0.3, 0.4) is 0 Å². The first-order valence-electron chi connectivity index (χ1n) is 6.80. The van der Waals surface area contributed by atoms with Gasteiger partial charge in [-0.05, 0) is 53.4 Å². The largest absolute Gasteiger partial charge is 0.496 e. The van der Waals surface area contributed by atoms with E-state index in [4.69, 9.17) is 4.74 Å². The number of hydrogen-bond acceptors (Lipinski definition) is 3. The van der Waals surface area contributed by atoms with Gasteiger partial charge < -0.3 is 10.1 Å². The first-order valence-corrected chi connectivity index (χ1v) is 7.59. The lowest BCUT2D eigenvalue weighted by Gasteiger charge is -2.25. The second-order valence-corrected chi connectivity index (χ2v) is 5.96. The minimum Gasteiger partial charge on any atom is -0.496 e. The molecule has 1 aromatic heterocycles. The van der Waals surface area contributed by atoms with Crippen LogP contribution < -0.4 is 10.1 Å². The molecule has 4 nitrogen and oxygen atoms in total. The van der Waals surface area contributed by atoms with E-state index in [9.17, 15) is 0 Å². The first kappa shape index (κ1) is 13.5. The normalized spacial score (nSPS) is 17.6. The summed E-state index contributed by atoms with van der Waals surface area (Å²) < 4.78 is 8.22. The number of aryl methyl sites for hydroxylation is 1. The molecule has 1 unspecified atom stereocenters. The fraction of sp³-hybridized carbons (Fsp3) is 0.400. The Kier molecular flexibility index (Phi) is 3.70. The summed E-state index contributed by atoms with van der Waals surface area (Å²) in [6.07, 6.45) is 5.45. The van der Waals surface area contributed by atoms with Crippen molar-refractivity contribution < 1.29 is 4.74 Å². The van der Waals surface area contributed by atoms with Crippen LogP contribution in [0.15, 0.2) is 28.9 Å². The van der Waals surface area contributed by atoms with Gasteiger partial charge in [-0.25, -0.2) is 0 Å². The minimum absolute atomic E-state index is 0.341. The summed E-state index contributed by atoms with van der Waals surface area (Å²) in [5.41, 5.74) is 3.77. The van der Waals surface area contributed by atoms with E-state index in [1.165, 1.54) is 17.7 Å². The van der Waals surface area contributed by atoms with Crippen molar-refractivity contribution in [2.75, 3.05) is 12.4 Å². The Bertz CT molecular complexity index is 624. The molecule has 1 aliphatic carbocycles. The highest BCUT2D eigenvalue weighted by molar-refractivity contribution is 9.10. The third-order valence-corrected chi connectivity index (χ3v) is 4.49. The number of hydrogen-bond donors (Lipinski definition) is 1. The molecular weight excluding hydrogens is 318 g/mol. The molecule has 1 N–H and O–H groups in total. The van der Waals surface area contributed by atoms with Crippen molar-refractivity contribution in [3.63, 3.8) is 0 Å². The van der Waals surface area contributed by atoms with E-state index < -0.39 is 0 Å². The molecule has 1 aliphatic rings. The molecule has 0 bridgehead atoms. The molecule has 1 heterocycles. The average molecular weight is 336 g/mol. The van der Waals surface area contributed by atoms with Gasteiger partial charge in [-0.2, -0.15) is 5.10 Å². The highest BCUT2D eigenvalue weighted by atomic mass is 79.9. The van der Waals surface area contributed by atoms with Crippen molar-refractivity contribution in [2.45, 2.75) is 25.3 Å². The van der Waals surface area contributed by atoms with Crippen LogP contribution in [-0.4, -0.2) is 16.9 Å². The van der Waals surface area contributed by atoms with Gasteiger partial charge in [0.05, 0.1) is 23.8 Å². The lowest BCUT2D eigenvalue weighted by Crippen LogP contribution is -2.17. The Labute approximate surface area is 127 Å². The standard InChI is InChI=1S/C15H18BrN3O/c1-19-14-5-3-4-13(11(14)9-17-19)18-10-6-7-15(20-2)12(16)8-10/h6-9,13,18H,3-5H2,1-2H3. The van der Waals surface area contributed by atoms with Crippen LogP contribution in [0.5, 0.6) is 5.75 Å². The number of fused-ring (bicyclic) bond motifs is 1. The molecule has 2 aromatic rings. The molecule has 0 spiro atoms. The van der Waals surface area contributed by atoms with Crippen LogP contribution in [-0.2, 0) is 13.5 Å². The molecule has 1 aromatic carbocycles. The monoisotopic (exact) mass is 335 g/mol. The van der Waals surface area contributed by atoms with Gasteiger partial charge in [-0.15, -0.1) is 0 Å². The number of halogens is 1. The van der Waals surface area contributed by atoms with Crippen molar-refractivity contribution in [2.24, 2.45) is 7.05 Å². The summed E-state index contributed by atoms with van der Waals surface area (Å²) in [7, 11) is 3.70. The van der Waals surface area contributed by atoms with Crippen molar-refractivity contribution in [3.05, 3.63) is 40.1 Å². The number of anilines is 1. The molecular formula is C15H18BrN3O. The van der Waals surface area contributed by atoms with Crippen molar-refractivity contribution in [1.82, 2.24) is 9.78 Å². The lowest BCUT2D eigenvalue weighted by atomic mass is 9.93. The Morgan fingerprint density at radius 1 is 1.45 bits per heavy atom. The van der Waals surface area contributed by atoms with E-state index >= 15 is 0 Å². The zero-order valence-corrected chi connectivity index (χ0v) is 13.3. The maximum Gasteiger partial charge on any atom is 0.133 e. The van der Waals surface area contributed by atoms with E-state index in [2.05, 4.69) is 32.4 Å². The average Bonchev–Trinajstić information content (AvgIpc) is 2.82. The zero-order chi connectivity index (χ0) is 14.1. The fourth-order valence-electron chi connectivity index (χ4n) is 2.81. The van der Waals surface area contributed by atoms with E-state index in [0.717, 1.165) is 28.8 Å². The number of ether oxygens (including phenoxy) is 1. The zero-order valence-electron chi connectivity index (χ0n) is 11.7. The number of rotatable bonds is 3. The molecule has 106 valence electrons. The number of methoxy groups -OCH3 is 1. The summed E-state index contributed by atoms with van der Waals surface area (Å²) in [5.74, 6) is 0.848. The predicted molar refractivity (Wildman–Crippen MR) is 83.2 cm³/mol. The van der Waals surface area contributed by atoms with Gasteiger partial charge in [0.1, 0.15) is 5.75 Å². The van der Waals surface area contributed by atoms with E-state index in [1.54, 1.807) is 7.11 Å². The summed E-state index contributed by atoms with van der Waals surface area (Å²) in [6.45, 7) is 0. The van der Waals surface area contributed by atoms with Crippen molar-refractivity contribution >= 4 is 21.6 Å². The summed E-state index contributed by atoms with van der Waals surface area (Å²) >= 11 is 3.53. The third-order valence-electron chi connectivity index (χ3n) is 3.87. The second kappa shape index (κ2) is 5.48. The topological polar surface area (TPSA) is 39.1 Å². The van der Waals surface area contributed by atoms with Crippen LogP contribution in [0.1, 0.15) is 30.1 Å². The lowest BCUT2D eigenvalue weighted by molar-refractivity contribution is 0.412. The summed E-state index contributed by atoms with van der Waals surface area (Å²) in [4.78, 5) is 0. The molecule has 0 radical (unpaired) electrons. The van der Waals surface area contributed by atoms with Gasteiger partial charge in [-0.3, -0.25) is 4.68 Å². The highest BCUT2D eigenvalue weighted by Gasteiger charge is 2.23. The fourth-order valence-corrected chi connectivity index (χ4v) is 3.35. The maximum absolute atomic E-state index is 5.26. The third kappa shape index (κ3) is 2.42. The molecule has 1 atom stereocenters. The number of benzene rings is 1. The molecule has 0 saturated carbocycles. The molecule has 5 heteroatoms. The van der Waals surface area contributed by atoms with Crippen LogP contribution in [0.2, 0.25) is 0 Å². The smallest absolute Gasteiger partial charge is 0.133 e. The quantitative estimate of drug-likeness (QED) is 0.929.